The van der Waals surface area contributed by atoms with Gasteiger partial charge >= 0.3 is 0 Å². The summed E-state index contributed by atoms with van der Waals surface area (Å²) in [6.45, 7) is 4.14. The van der Waals surface area contributed by atoms with E-state index < -0.39 is 28.0 Å². The van der Waals surface area contributed by atoms with Crippen LogP contribution in [-0.2, 0) is 95.3 Å². The van der Waals surface area contributed by atoms with E-state index in [1.807, 2.05) is 236 Å². The molecule has 12 nitrogen and oxygen atoms in total. The van der Waals surface area contributed by atoms with Crippen molar-refractivity contribution in [2.24, 2.45) is 35.2 Å². The van der Waals surface area contributed by atoms with Crippen molar-refractivity contribution >= 4 is 77.2 Å². The van der Waals surface area contributed by atoms with E-state index in [9.17, 15) is 34.3 Å². The Kier molecular flexibility index (Phi) is 27.1. The summed E-state index contributed by atoms with van der Waals surface area (Å²) >= 11 is 3.22. The third kappa shape index (κ3) is 19.3. The zero-order valence-electron chi connectivity index (χ0n) is 74.9. The van der Waals surface area contributed by atoms with Crippen LogP contribution in [0.3, 0.4) is 0 Å². The van der Waals surface area contributed by atoms with Gasteiger partial charge in [-0.1, -0.05) is 272 Å². The van der Waals surface area contributed by atoms with Crippen LogP contribution in [0, 0.1) is 25.5 Å². The van der Waals surface area contributed by atoms with E-state index >= 15 is 0 Å². The van der Waals surface area contributed by atoms with Crippen LogP contribution in [-0.4, -0.2) is 62.6 Å². The Morgan fingerprint density at radius 3 is 0.679 bits per heavy atom. The second-order valence-corrected chi connectivity index (χ2v) is 35.9. The summed E-state index contributed by atoms with van der Waals surface area (Å²) in [5, 5.41) is 68.8. The molecule has 0 bridgehead atoms. The first-order valence-corrected chi connectivity index (χ1v) is 45.5. The lowest BCUT2D eigenvalue weighted by atomic mass is 9.81. The minimum atomic E-state index is -1.41. The van der Waals surface area contributed by atoms with Gasteiger partial charge in [0.25, 0.3) is 0 Å². The molecule has 0 unspecified atom stereocenters. The number of aryl methyl sites for hydroxylation is 7. The van der Waals surface area contributed by atoms with Crippen molar-refractivity contribution in [2.45, 2.75) is 74.0 Å². The second kappa shape index (κ2) is 39.3. The van der Waals surface area contributed by atoms with E-state index in [0.29, 0.717) is 36.8 Å². The molecule has 13 aromatic carbocycles. The molecule has 0 atom stereocenters. The highest BCUT2D eigenvalue weighted by molar-refractivity contribution is 7.11. The second-order valence-electron chi connectivity index (χ2n) is 34.0. The molecule has 131 heavy (non-hydrogen) atoms. The Morgan fingerprint density at radius 1 is 0.244 bits per heavy atom. The van der Waals surface area contributed by atoms with Crippen molar-refractivity contribution in [2.75, 3.05) is 14.2 Å². The molecule has 0 saturated heterocycles. The maximum Gasteiger partial charge on any atom is 0.137 e. The quantitative estimate of drug-likeness (QED) is 0.0454. The highest BCUT2D eigenvalue weighted by Gasteiger charge is 2.39. The maximum absolute atomic E-state index is 13.4. The zero-order chi connectivity index (χ0) is 91.6. The predicted octanol–water partition coefficient (Wildman–Crippen LogP) is 24.3. The van der Waals surface area contributed by atoms with Gasteiger partial charge in [-0.15, -0.1) is 22.7 Å². The molecular formula is C115H107F2N5O7S2. The van der Waals surface area contributed by atoms with E-state index in [0.717, 1.165) is 98.7 Å². The SMILES string of the molecule is COc1ccc(C(O)(Cc2cn(C)c3ccccc23)c2ccc(OC)cc2)cc1.Cc1ccc(C(O)(Cc2cn(C)c3ccccc23)c2ccc(C)cc2)cc1.Cn1cc(CC(O)(c2ccc(F)cc2)c2ccc(F)cc2)c2ccccc21.Cn1cc(CC(O)(c2ccccc2)c2ccccc2)c2ccccc21.Cn1cc(CC(O)(c2cccs2)c2cccs2)c2ccccc21. The number of fused-ring (bicyclic) bond motifs is 5. The number of ether oxygens (including phenoxy) is 2. The molecule has 20 rings (SSSR count). The number of aromatic nitrogens is 5. The van der Waals surface area contributed by atoms with Gasteiger partial charge < -0.3 is 57.8 Å². The fraction of sp³-hybridized carbons (Fsp3) is 0.165. The highest BCUT2D eigenvalue weighted by atomic mass is 32.1. The number of methoxy groups -OCH3 is 2. The smallest absolute Gasteiger partial charge is 0.137 e. The van der Waals surface area contributed by atoms with E-state index in [-0.39, 0.29) is 18.1 Å². The van der Waals surface area contributed by atoms with Crippen molar-refractivity contribution in [3.63, 3.8) is 0 Å². The first kappa shape index (κ1) is 90.6. The van der Waals surface area contributed by atoms with Crippen molar-refractivity contribution in [3.8, 4) is 11.5 Å². The first-order valence-electron chi connectivity index (χ1n) is 43.8. The van der Waals surface area contributed by atoms with Gasteiger partial charge in [0.15, 0.2) is 0 Å². The number of hydrogen-bond donors (Lipinski definition) is 5. The van der Waals surface area contributed by atoms with Gasteiger partial charge in [0.1, 0.15) is 51.1 Å². The van der Waals surface area contributed by atoms with Gasteiger partial charge in [0.05, 0.1) is 14.2 Å². The van der Waals surface area contributed by atoms with Crippen molar-refractivity contribution in [1.29, 1.82) is 0 Å². The lowest BCUT2D eigenvalue weighted by Crippen LogP contribution is -2.30. The average Bonchev–Trinajstić information content (AvgIpc) is 1.77. The number of hydrogen-bond acceptors (Lipinski definition) is 9. The number of aliphatic hydroxyl groups is 5. The lowest BCUT2D eigenvalue weighted by Gasteiger charge is -2.30. The molecule has 0 radical (unpaired) electrons. The standard InChI is InChI=1S/C25H25NO3.C25H25NO.C23H19F2NO.C23H21NO.C19H17NOS2/c1-26-17-18(23-6-4-5-7-24(23)26)16-25(27,19-8-12-21(28-2)13-9-19)20-10-14-22(29-3)15-11-20;1-18-8-12-21(13-9-18)25(27,22-14-10-19(2)11-15-22)16-20-17-26(3)24-7-5-4-6-23(20)24;1-26-15-16(21-4-2-3-5-22(21)26)14-23(27,17-6-10-19(24)11-7-17)18-8-12-20(25)13-9-18;1-24-17-18(21-14-8-9-15-22(21)24)16-23(25,19-10-4-2-5-11-19)20-12-6-3-7-13-20;1-20-13-14(15-6-2-3-7-16(15)20)12-19(21,17-8-4-10-22-17)18-9-5-11-23-18/h4-15,17,27H,16H2,1-3H3;4-15,17,27H,16H2,1-3H3;2-13,15,27H,14H2,1H3;2-15,17,25H,16H2,1H3;2-11,13,21H,12H2,1H3. The van der Waals surface area contributed by atoms with Crippen molar-refractivity contribution < 1.29 is 43.8 Å². The van der Waals surface area contributed by atoms with Crippen molar-refractivity contribution in [3.05, 3.63) is 498 Å². The fourth-order valence-corrected chi connectivity index (χ4v) is 20.0. The Hall–Kier alpha value is -13.8. The summed E-state index contributed by atoms with van der Waals surface area (Å²) in [7, 11) is 13.4. The summed E-state index contributed by atoms with van der Waals surface area (Å²) < 4.78 is 48.0. The zero-order valence-corrected chi connectivity index (χ0v) is 76.6. The van der Waals surface area contributed by atoms with E-state index in [1.54, 1.807) is 61.2 Å². The molecule has 0 saturated carbocycles. The minimum absolute atomic E-state index is 0.283. The van der Waals surface area contributed by atoms with Gasteiger partial charge in [0, 0.05) is 163 Å². The van der Waals surface area contributed by atoms with E-state index in [2.05, 4.69) is 181 Å². The molecule has 0 aliphatic rings. The molecule has 660 valence electrons. The summed E-state index contributed by atoms with van der Waals surface area (Å²) in [4.78, 5) is 1.99. The van der Waals surface area contributed by atoms with Crippen LogP contribution in [0.15, 0.2) is 394 Å². The van der Waals surface area contributed by atoms with Gasteiger partial charge in [-0.3, -0.25) is 0 Å². The molecule has 7 heterocycles. The number of rotatable bonds is 22. The number of thiophene rings is 2. The van der Waals surface area contributed by atoms with Crippen LogP contribution in [0.2, 0.25) is 0 Å². The average molecular weight is 1770 g/mol. The molecule has 20 aromatic rings. The molecule has 0 spiro atoms. The first-order chi connectivity index (χ1) is 63.4. The third-order valence-electron chi connectivity index (χ3n) is 25.3. The molecule has 0 fully saturated rings. The normalized spacial score (nSPS) is 11.8. The molecular weight excluding hydrogens is 1670 g/mol. The fourth-order valence-electron chi connectivity index (χ4n) is 18.3. The van der Waals surface area contributed by atoms with Crippen LogP contribution in [0.4, 0.5) is 8.78 Å². The van der Waals surface area contributed by atoms with Crippen molar-refractivity contribution in [1.82, 2.24) is 22.8 Å². The summed E-state index contributed by atoms with van der Waals surface area (Å²) in [5.41, 5.74) is 14.4. The summed E-state index contributed by atoms with van der Waals surface area (Å²) in [5.74, 6) is 0.780. The Bertz CT molecular complexity index is 6800. The maximum atomic E-state index is 13.4. The molecule has 0 aliphatic heterocycles. The molecule has 0 aliphatic carbocycles. The van der Waals surface area contributed by atoms with E-state index in [1.165, 1.54) is 73.7 Å². The third-order valence-corrected chi connectivity index (χ3v) is 27.4. The molecule has 7 aromatic heterocycles. The Balaban J connectivity index is 0.000000120. The number of benzene rings is 13. The van der Waals surface area contributed by atoms with Crippen LogP contribution in [0.25, 0.3) is 54.5 Å². The van der Waals surface area contributed by atoms with Crippen LogP contribution < -0.4 is 9.47 Å². The van der Waals surface area contributed by atoms with Gasteiger partial charge in [-0.25, -0.2) is 8.78 Å². The summed E-state index contributed by atoms with van der Waals surface area (Å²) in [6.07, 6.45) is 12.9. The Morgan fingerprint density at radius 2 is 0.450 bits per heavy atom. The van der Waals surface area contributed by atoms with E-state index in [4.69, 9.17) is 9.47 Å². The Labute approximate surface area is 772 Å². The minimum Gasteiger partial charge on any atom is -0.497 e. The summed E-state index contributed by atoms with van der Waals surface area (Å²) in [6, 6.07) is 112. The molecule has 5 N–H and O–H groups in total. The molecule has 16 heteroatoms. The van der Waals surface area contributed by atoms with Crippen LogP contribution >= 0.6 is 22.7 Å². The van der Waals surface area contributed by atoms with Crippen LogP contribution in [0.5, 0.6) is 11.5 Å². The topological polar surface area (TPSA) is 144 Å². The molecule has 0 amide bonds. The van der Waals surface area contributed by atoms with Gasteiger partial charge in [-0.2, -0.15) is 0 Å². The number of nitrogens with zero attached hydrogens (tertiary/aromatic N) is 5. The monoisotopic (exact) mass is 1770 g/mol. The van der Waals surface area contributed by atoms with Gasteiger partial charge in [-0.05, 0) is 188 Å². The highest BCUT2D eigenvalue weighted by Crippen LogP contribution is 2.44. The number of halogens is 2. The van der Waals surface area contributed by atoms with Crippen LogP contribution in [0.1, 0.15) is 93.2 Å². The largest absolute Gasteiger partial charge is 0.497 e. The lowest BCUT2D eigenvalue weighted by molar-refractivity contribution is 0.0809. The number of para-hydroxylation sites is 5. The predicted molar refractivity (Wildman–Crippen MR) is 531 cm³/mol. The van der Waals surface area contributed by atoms with Gasteiger partial charge in [0.2, 0.25) is 0 Å².